The first-order chi connectivity index (χ1) is 11.8. The van der Waals surface area contributed by atoms with E-state index in [9.17, 15) is 4.79 Å². The van der Waals surface area contributed by atoms with E-state index >= 15 is 0 Å². The molecule has 0 aliphatic carbocycles. The number of aromatic nitrogens is 3. The van der Waals surface area contributed by atoms with Crippen molar-refractivity contribution in [1.29, 1.82) is 0 Å². The standard InChI is InChI=1S/C17H13Cl3N4O/c1-9-5-10(2)24(23-9)15-4-3-14(20)16(22-15)17(25)21-13-7-11(18)6-12(19)8-13/h3-8H,1-2H3,(H,21,25). The molecular weight excluding hydrogens is 383 g/mol. The zero-order valence-corrected chi connectivity index (χ0v) is 15.6. The molecule has 0 saturated carbocycles. The third-order valence-corrected chi connectivity index (χ3v) is 4.13. The average molecular weight is 396 g/mol. The maximum absolute atomic E-state index is 12.6. The van der Waals surface area contributed by atoms with E-state index in [4.69, 9.17) is 34.8 Å². The number of amides is 1. The molecule has 0 aliphatic heterocycles. The Morgan fingerprint density at radius 1 is 1.04 bits per heavy atom. The number of halogens is 3. The number of carbonyl (C=O) groups excluding carboxylic acids is 1. The fourth-order valence-corrected chi connectivity index (χ4v) is 3.10. The molecule has 2 aromatic heterocycles. The summed E-state index contributed by atoms with van der Waals surface area (Å²) in [7, 11) is 0. The summed E-state index contributed by atoms with van der Waals surface area (Å²) in [6, 6.07) is 9.99. The lowest BCUT2D eigenvalue weighted by atomic mass is 10.3. The number of hydrogen-bond acceptors (Lipinski definition) is 3. The Labute approximate surface area is 159 Å². The lowest BCUT2D eigenvalue weighted by molar-refractivity contribution is 0.102. The summed E-state index contributed by atoms with van der Waals surface area (Å²) < 4.78 is 1.65. The monoisotopic (exact) mass is 394 g/mol. The minimum atomic E-state index is -0.466. The highest BCUT2D eigenvalue weighted by atomic mass is 35.5. The molecular formula is C17H13Cl3N4O. The molecule has 0 saturated heterocycles. The number of anilines is 1. The first-order valence-corrected chi connectivity index (χ1v) is 8.44. The van der Waals surface area contributed by atoms with Crippen LogP contribution >= 0.6 is 34.8 Å². The largest absolute Gasteiger partial charge is 0.321 e. The van der Waals surface area contributed by atoms with Crippen molar-refractivity contribution in [3.63, 3.8) is 0 Å². The molecule has 1 N–H and O–H groups in total. The molecule has 8 heteroatoms. The minimum absolute atomic E-state index is 0.0859. The number of hydrogen-bond donors (Lipinski definition) is 1. The smallest absolute Gasteiger partial charge is 0.275 e. The number of benzene rings is 1. The maximum atomic E-state index is 12.6. The van der Waals surface area contributed by atoms with E-state index in [2.05, 4.69) is 15.4 Å². The van der Waals surface area contributed by atoms with Gasteiger partial charge in [0.1, 0.15) is 5.69 Å². The SMILES string of the molecule is Cc1cc(C)n(-c2ccc(Cl)c(C(=O)Nc3cc(Cl)cc(Cl)c3)n2)n1. The zero-order chi connectivity index (χ0) is 18.1. The average Bonchev–Trinajstić information content (AvgIpc) is 2.85. The number of nitrogens with one attached hydrogen (secondary N) is 1. The van der Waals surface area contributed by atoms with Crippen LogP contribution in [0, 0.1) is 13.8 Å². The van der Waals surface area contributed by atoms with Crippen molar-refractivity contribution in [3.8, 4) is 5.82 Å². The van der Waals surface area contributed by atoms with Gasteiger partial charge in [0.2, 0.25) is 0 Å². The summed E-state index contributed by atoms with van der Waals surface area (Å²) in [6.07, 6.45) is 0. The van der Waals surface area contributed by atoms with Crippen LogP contribution in [-0.2, 0) is 0 Å². The Morgan fingerprint density at radius 2 is 1.72 bits per heavy atom. The van der Waals surface area contributed by atoms with E-state index < -0.39 is 5.91 Å². The Bertz CT molecular complexity index is 948. The summed E-state index contributed by atoms with van der Waals surface area (Å²) in [5.74, 6) is 0.0380. The van der Waals surface area contributed by atoms with Gasteiger partial charge >= 0.3 is 0 Å². The summed E-state index contributed by atoms with van der Waals surface area (Å²) >= 11 is 18.0. The zero-order valence-electron chi connectivity index (χ0n) is 13.3. The first kappa shape index (κ1) is 17.7. The Balaban J connectivity index is 1.94. The Kier molecular flexibility index (Phi) is 4.99. The number of carbonyl (C=O) groups is 1. The summed E-state index contributed by atoms with van der Waals surface area (Å²) in [5, 5.41) is 8.12. The molecule has 0 bridgehead atoms. The minimum Gasteiger partial charge on any atom is -0.321 e. The van der Waals surface area contributed by atoms with E-state index in [0.29, 0.717) is 21.6 Å². The van der Waals surface area contributed by atoms with Gasteiger partial charge in [0, 0.05) is 21.4 Å². The van der Waals surface area contributed by atoms with Crippen molar-refractivity contribution >= 4 is 46.4 Å². The molecule has 128 valence electrons. The van der Waals surface area contributed by atoms with Crippen LogP contribution in [0.1, 0.15) is 21.9 Å². The van der Waals surface area contributed by atoms with Gasteiger partial charge < -0.3 is 5.32 Å². The van der Waals surface area contributed by atoms with Crippen LogP contribution in [0.2, 0.25) is 15.1 Å². The molecule has 1 aromatic carbocycles. The normalized spacial score (nSPS) is 10.8. The third kappa shape index (κ3) is 3.95. The van der Waals surface area contributed by atoms with Gasteiger partial charge in [-0.05, 0) is 50.2 Å². The second kappa shape index (κ2) is 7.04. The van der Waals surface area contributed by atoms with E-state index in [1.54, 1.807) is 35.0 Å². The molecule has 2 heterocycles. The van der Waals surface area contributed by atoms with Gasteiger partial charge in [-0.25, -0.2) is 9.67 Å². The number of aryl methyl sites for hydroxylation is 2. The fraction of sp³-hybridized carbons (Fsp3) is 0.118. The molecule has 5 nitrogen and oxygen atoms in total. The molecule has 1 amide bonds. The third-order valence-electron chi connectivity index (χ3n) is 3.39. The predicted octanol–water partition coefficient (Wildman–Crippen LogP) is 5.10. The molecule has 0 fully saturated rings. The molecule has 0 aliphatic rings. The molecule has 0 radical (unpaired) electrons. The van der Waals surface area contributed by atoms with E-state index in [1.807, 2.05) is 19.9 Å². The molecule has 0 atom stereocenters. The van der Waals surface area contributed by atoms with Crippen molar-refractivity contribution in [2.45, 2.75) is 13.8 Å². The van der Waals surface area contributed by atoms with Crippen LogP contribution in [-0.4, -0.2) is 20.7 Å². The van der Waals surface area contributed by atoms with Gasteiger partial charge in [0.15, 0.2) is 5.82 Å². The Hall–Kier alpha value is -2.08. The second-order valence-electron chi connectivity index (χ2n) is 5.45. The van der Waals surface area contributed by atoms with Crippen LogP contribution in [0.25, 0.3) is 5.82 Å². The van der Waals surface area contributed by atoms with Gasteiger partial charge in [-0.1, -0.05) is 34.8 Å². The van der Waals surface area contributed by atoms with Crippen LogP contribution in [0.15, 0.2) is 36.4 Å². The molecule has 0 spiro atoms. The van der Waals surface area contributed by atoms with Gasteiger partial charge in [0.05, 0.1) is 10.7 Å². The van der Waals surface area contributed by atoms with Crippen LogP contribution in [0.4, 0.5) is 5.69 Å². The van der Waals surface area contributed by atoms with E-state index in [0.717, 1.165) is 11.4 Å². The predicted molar refractivity (Wildman–Crippen MR) is 100 cm³/mol. The highest BCUT2D eigenvalue weighted by Gasteiger charge is 2.16. The van der Waals surface area contributed by atoms with Gasteiger partial charge in [-0.3, -0.25) is 4.79 Å². The highest BCUT2D eigenvalue weighted by Crippen LogP contribution is 2.24. The van der Waals surface area contributed by atoms with Gasteiger partial charge in [-0.2, -0.15) is 5.10 Å². The van der Waals surface area contributed by atoms with Crippen LogP contribution < -0.4 is 5.32 Å². The summed E-state index contributed by atoms with van der Waals surface area (Å²) in [4.78, 5) is 16.9. The maximum Gasteiger partial charge on any atom is 0.275 e. The van der Waals surface area contributed by atoms with Gasteiger partial charge in [0.25, 0.3) is 5.91 Å². The summed E-state index contributed by atoms with van der Waals surface area (Å²) in [6.45, 7) is 3.79. The van der Waals surface area contributed by atoms with E-state index in [-0.39, 0.29) is 10.7 Å². The highest BCUT2D eigenvalue weighted by molar-refractivity contribution is 6.35. The van der Waals surface area contributed by atoms with Crippen molar-refractivity contribution in [2.75, 3.05) is 5.32 Å². The molecule has 3 rings (SSSR count). The molecule has 25 heavy (non-hydrogen) atoms. The van der Waals surface area contributed by atoms with E-state index in [1.165, 1.54) is 0 Å². The number of rotatable bonds is 3. The van der Waals surface area contributed by atoms with Crippen molar-refractivity contribution in [2.24, 2.45) is 0 Å². The summed E-state index contributed by atoms with van der Waals surface area (Å²) in [5.41, 5.74) is 2.30. The molecule has 3 aromatic rings. The Morgan fingerprint density at radius 3 is 2.32 bits per heavy atom. The quantitative estimate of drug-likeness (QED) is 0.671. The number of nitrogens with zero attached hydrogens (tertiary/aromatic N) is 3. The van der Waals surface area contributed by atoms with Crippen LogP contribution in [0.5, 0.6) is 0 Å². The van der Waals surface area contributed by atoms with Crippen LogP contribution in [0.3, 0.4) is 0 Å². The fourth-order valence-electron chi connectivity index (χ4n) is 2.39. The molecule has 0 unspecified atom stereocenters. The topological polar surface area (TPSA) is 59.8 Å². The number of pyridine rings is 1. The first-order valence-electron chi connectivity index (χ1n) is 7.31. The lowest BCUT2D eigenvalue weighted by Crippen LogP contribution is -2.16. The van der Waals surface area contributed by atoms with Crippen molar-refractivity contribution in [3.05, 3.63) is 68.5 Å². The lowest BCUT2D eigenvalue weighted by Gasteiger charge is -2.09. The van der Waals surface area contributed by atoms with Crippen molar-refractivity contribution < 1.29 is 4.79 Å². The van der Waals surface area contributed by atoms with Crippen molar-refractivity contribution in [1.82, 2.24) is 14.8 Å². The second-order valence-corrected chi connectivity index (χ2v) is 6.73. The van der Waals surface area contributed by atoms with Gasteiger partial charge in [-0.15, -0.1) is 0 Å².